The second kappa shape index (κ2) is 7.73. The van der Waals surface area contributed by atoms with E-state index >= 15 is 0 Å². The first kappa shape index (κ1) is 16.2. The first-order valence-electron chi connectivity index (χ1n) is 6.66. The summed E-state index contributed by atoms with van der Waals surface area (Å²) in [6.07, 6.45) is 0. The molecule has 4 unspecified atom stereocenters. The number of thioether (sulfide) groups is 4. The quantitative estimate of drug-likeness (QED) is 0.687. The molecule has 0 N–H and O–H groups in total. The van der Waals surface area contributed by atoms with Crippen LogP contribution in [0.15, 0.2) is 24.3 Å². The van der Waals surface area contributed by atoms with Gasteiger partial charge in [0.15, 0.2) is 0 Å². The maximum Gasteiger partial charge on any atom is 0.0758 e. The zero-order valence-corrected chi connectivity index (χ0v) is 16.0. The molecular formula is C14H18S6. The van der Waals surface area contributed by atoms with Crippen LogP contribution in [0.1, 0.15) is 20.3 Å². The van der Waals surface area contributed by atoms with Crippen molar-refractivity contribution in [2.75, 3.05) is 23.0 Å². The molecule has 2 saturated heterocycles. The smallest absolute Gasteiger partial charge is 0.0758 e. The molecule has 0 saturated carbocycles. The van der Waals surface area contributed by atoms with Crippen LogP contribution in [-0.4, -0.2) is 33.5 Å². The van der Waals surface area contributed by atoms with Crippen LogP contribution in [0.2, 0.25) is 0 Å². The Hall–Kier alpha value is 1.32. The Morgan fingerprint density at radius 3 is 1.65 bits per heavy atom. The summed E-state index contributed by atoms with van der Waals surface area (Å²) in [5.74, 6) is 4.45. The molecule has 1 aromatic rings. The van der Waals surface area contributed by atoms with Gasteiger partial charge in [0.05, 0.1) is 9.16 Å². The van der Waals surface area contributed by atoms with Crippen molar-refractivity contribution in [1.82, 2.24) is 0 Å². The maximum absolute atomic E-state index is 4.46. The summed E-state index contributed by atoms with van der Waals surface area (Å²) in [5, 5.41) is 1.41. The minimum atomic E-state index is 0.597. The summed E-state index contributed by atoms with van der Waals surface area (Å²) in [6, 6.07) is 9.04. The summed E-state index contributed by atoms with van der Waals surface area (Å²) < 4.78 is 1.19. The Bertz CT molecular complexity index is 410. The molecule has 0 aromatic heterocycles. The topological polar surface area (TPSA) is 0 Å². The summed E-state index contributed by atoms with van der Waals surface area (Å²) >= 11 is 17.3. The molecule has 2 aliphatic heterocycles. The number of thiol groups is 2. The Kier molecular flexibility index (Phi) is 6.26. The Labute approximate surface area is 149 Å². The SMILES string of the molecule is SCC1CSC(c2ccccc2C2SCC(CS)S2)S1. The van der Waals surface area contributed by atoms with E-state index in [1.165, 1.54) is 22.6 Å². The summed E-state index contributed by atoms with van der Waals surface area (Å²) in [5.41, 5.74) is 3.08. The van der Waals surface area contributed by atoms with Gasteiger partial charge < -0.3 is 0 Å². The fourth-order valence-electron chi connectivity index (χ4n) is 2.35. The van der Waals surface area contributed by atoms with E-state index in [1.807, 2.05) is 0 Å². The first-order valence-corrected chi connectivity index (χ1v) is 11.9. The zero-order valence-electron chi connectivity index (χ0n) is 11.0. The average molecular weight is 379 g/mol. The predicted octanol–water partition coefficient (Wildman–Crippen LogP) is 5.24. The second-order valence-electron chi connectivity index (χ2n) is 4.84. The average Bonchev–Trinajstić information content (AvgIpc) is 3.16. The lowest BCUT2D eigenvalue weighted by atomic mass is 10.1. The molecule has 3 rings (SSSR count). The first-order chi connectivity index (χ1) is 9.81. The molecule has 6 heteroatoms. The molecule has 0 amide bonds. The largest absolute Gasteiger partial charge is 0.178 e. The van der Waals surface area contributed by atoms with E-state index in [2.05, 4.69) is 96.6 Å². The third-order valence-corrected chi connectivity index (χ3v) is 11.4. The van der Waals surface area contributed by atoms with Crippen LogP contribution in [0.4, 0.5) is 0 Å². The van der Waals surface area contributed by atoms with Gasteiger partial charge in [0.1, 0.15) is 0 Å². The molecule has 20 heavy (non-hydrogen) atoms. The van der Waals surface area contributed by atoms with Gasteiger partial charge in [-0.3, -0.25) is 0 Å². The van der Waals surface area contributed by atoms with Gasteiger partial charge in [-0.2, -0.15) is 25.3 Å². The summed E-state index contributed by atoms with van der Waals surface area (Å²) in [4.78, 5) is 0. The minimum Gasteiger partial charge on any atom is -0.178 e. The molecular weight excluding hydrogens is 361 g/mol. The molecule has 4 atom stereocenters. The van der Waals surface area contributed by atoms with Crippen molar-refractivity contribution in [3.63, 3.8) is 0 Å². The van der Waals surface area contributed by atoms with Crippen LogP contribution < -0.4 is 0 Å². The number of benzene rings is 1. The van der Waals surface area contributed by atoms with E-state index in [-0.39, 0.29) is 0 Å². The van der Waals surface area contributed by atoms with E-state index in [9.17, 15) is 0 Å². The second-order valence-corrected chi connectivity index (χ2v) is 11.3. The molecule has 2 fully saturated rings. The molecule has 0 aliphatic carbocycles. The van der Waals surface area contributed by atoms with Crippen LogP contribution in [0.3, 0.4) is 0 Å². The molecule has 0 nitrogen and oxygen atoms in total. The van der Waals surface area contributed by atoms with Gasteiger partial charge >= 0.3 is 0 Å². The standard InChI is InChI=1S/C14H18S6/c15-5-9-7-17-13(19-9)11-3-1-2-4-12(11)14-18-8-10(6-16)20-14/h1-4,9-10,13-16H,5-8H2. The van der Waals surface area contributed by atoms with E-state index in [0.29, 0.717) is 19.7 Å². The van der Waals surface area contributed by atoms with Gasteiger partial charge in [0.2, 0.25) is 0 Å². The highest BCUT2D eigenvalue weighted by Crippen LogP contribution is 2.56. The van der Waals surface area contributed by atoms with Crippen LogP contribution in [0.25, 0.3) is 0 Å². The molecule has 0 bridgehead atoms. The van der Waals surface area contributed by atoms with Crippen molar-refractivity contribution in [3.8, 4) is 0 Å². The van der Waals surface area contributed by atoms with Crippen molar-refractivity contribution < 1.29 is 0 Å². The Morgan fingerprint density at radius 2 is 1.30 bits per heavy atom. The fraction of sp³-hybridized carbons (Fsp3) is 0.571. The van der Waals surface area contributed by atoms with Gasteiger partial charge in [-0.05, 0) is 11.1 Å². The van der Waals surface area contributed by atoms with Crippen LogP contribution in [0.5, 0.6) is 0 Å². The highest BCUT2D eigenvalue weighted by Gasteiger charge is 2.32. The molecule has 0 spiro atoms. The van der Waals surface area contributed by atoms with Gasteiger partial charge in [0, 0.05) is 33.5 Å². The van der Waals surface area contributed by atoms with Gasteiger partial charge in [-0.25, -0.2) is 0 Å². The minimum absolute atomic E-state index is 0.597. The number of rotatable bonds is 4. The monoisotopic (exact) mass is 378 g/mol. The van der Waals surface area contributed by atoms with Gasteiger partial charge in [-0.15, -0.1) is 47.0 Å². The molecule has 110 valence electrons. The third-order valence-electron chi connectivity index (χ3n) is 3.41. The van der Waals surface area contributed by atoms with E-state index in [4.69, 9.17) is 0 Å². The molecule has 2 heterocycles. The normalized spacial score (nSPS) is 33.7. The maximum atomic E-state index is 4.46. The lowest BCUT2D eigenvalue weighted by Crippen LogP contribution is -2.02. The predicted molar refractivity (Wildman–Crippen MR) is 107 cm³/mol. The zero-order chi connectivity index (χ0) is 13.9. The summed E-state index contributed by atoms with van der Waals surface area (Å²) in [6.45, 7) is 0. The lowest BCUT2D eigenvalue weighted by Gasteiger charge is -2.18. The fourth-order valence-corrected chi connectivity index (χ4v) is 10.0. The van der Waals surface area contributed by atoms with Crippen molar-refractivity contribution in [2.45, 2.75) is 19.7 Å². The lowest BCUT2D eigenvalue weighted by molar-refractivity contribution is 1.17. The summed E-state index contributed by atoms with van der Waals surface area (Å²) in [7, 11) is 0. The molecule has 1 aromatic carbocycles. The van der Waals surface area contributed by atoms with Gasteiger partial charge in [-0.1, -0.05) is 24.3 Å². The van der Waals surface area contributed by atoms with Crippen molar-refractivity contribution in [1.29, 1.82) is 0 Å². The van der Waals surface area contributed by atoms with Crippen LogP contribution in [-0.2, 0) is 0 Å². The molecule has 0 radical (unpaired) electrons. The molecule has 2 aliphatic rings. The van der Waals surface area contributed by atoms with E-state index in [1.54, 1.807) is 0 Å². The number of hydrogen-bond acceptors (Lipinski definition) is 6. The Morgan fingerprint density at radius 1 is 0.850 bits per heavy atom. The van der Waals surface area contributed by atoms with E-state index < -0.39 is 0 Å². The van der Waals surface area contributed by atoms with E-state index in [0.717, 1.165) is 11.5 Å². The van der Waals surface area contributed by atoms with Crippen LogP contribution in [0, 0.1) is 0 Å². The number of hydrogen-bond donors (Lipinski definition) is 2. The van der Waals surface area contributed by atoms with Crippen molar-refractivity contribution >= 4 is 72.3 Å². The van der Waals surface area contributed by atoms with Crippen LogP contribution >= 0.6 is 72.3 Å². The van der Waals surface area contributed by atoms with Crippen molar-refractivity contribution in [3.05, 3.63) is 35.4 Å². The Balaban J connectivity index is 1.79. The van der Waals surface area contributed by atoms with Crippen molar-refractivity contribution in [2.24, 2.45) is 0 Å². The third kappa shape index (κ3) is 3.62. The van der Waals surface area contributed by atoms with Gasteiger partial charge in [0.25, 0.3) is 0 Å². The highest BCUT2D eigenvalue weighted by atomic mass is 32.2. The highest BCUT2D eigenvalue weighted by molar-refractivity contribution is 8.20.